The fourth-order valence-electron chi connectivity index (χ4n) is 1.75. The first-order valence-electron chi connectivity index (χ1n) is 5.97. The average Bonchev–Trinajstić information content (AvgIpc) is 2.87. The Morgan fingerprint density at radius 2 is 2.16 bits per heavy atom. The van der Waals surface area contributed by atoms with Gasteiger partial charge in [-0.15, -0.1) is 11.3 Å². The van der Waals surface area contributed by atoms with Crippen molar-refractivity contribution in [3.63, 3.8) is 0 Å². The van der Waals surface area contributed by atoms with Crippen LogP contribution in [-0.2, 0) is 13.0 Å². The number of nitrogens with zero attached hydrogens (tertiary/aromatic N) is 3. The van der Waals surface area contributed by atoms with Crippen LogP contribution in [0.5, 0.6) is 0 Å². The number of halogens is 2. The van der Waals surface area contributed by atoms with Gasteiger partial charge < -0.3 is 5.11 Å². The minimum Gasteiger partial charge on any atom is -0.387 e. The Labute approximate surface area is 133 Å². The van der Waals surface area contributed by atoms with E-state index < -0.39 is 6.10 Å². The third-order valence-electron chi connectivity index (χ3n) is 2.60. The van der Waals surface area contributed by atoms with Crippen LogP contribution in [0.25, 0.3) is 0 Å². The predicted octanol–water partition coefficient (Wildman–Crippen LogP) is 3.80. The van der Waals surface area contributed by atoms with Gasteiger partial charge in [0, 0.05) is 22.3 Å². The van der Waals surface area contributed by atoms with E-state index in [4.69, 9.17) is 0 Å². The maximum atomic E-state index is 10.3. The Morgan fingerprint density at radius 1 is 1.42 bits per heavy atom. The van der Waals surface area contributed by atoms with Gasteiger partial charge in [-0.25, -0.2) is 9.67 Å². The molecule has 0 amide bonds. The normalized spacial score (nSPS) is 13.2. The molecule has 7 heteroatoms. The average molecular weight is 409 g/mol. The highest BCUT2D eigenvalue weighted by atomic mass is 79.9. The number of hydrogen-bond donors (Lipinski definition) is 1. The lowest BCUT2D eigenvalue weighted by molar-refractivity contribution is 0.177. The molecule has 0 aliphatic rings. The van der Waals surface area contributed by atoms with Crippen LogP contribution in [0.1, 0.15) is 30.7 Å². The Morgan fingerprint density at radius 3 is 2.74 bits per heavy atom. The van der Waals surface area contributed by atoms with Crippen molar-refractivity contribution in [3.05, 3.63) is 31.4 Å². The van der Waals surface area contributed by atoms with Gasteiger partial charge in [0.05, 0.1) is 9.89 Å². The van der Waals surface area contributed by atoms with E-state index in [1.807, 2.05) is 10.7 Å². The number of thiophene rings is 1. The van der Waals surface area contributed by atoms with Gasteiger partial charge >= 0.3 is 0 Å². The van der Waals surface area contributed by atoms with Crippen molar-refractivity contribution in [2.75, 3.05) is 0 Å². The zero-order valence-electron chi connectivity index (χ0n) is 10.7. The molecule has 0 aliphatic carbocycles. The molecule has 2 rings (SSSR count). The standard InChI is InChI=1S/C12H15Br2N3OS/c1-7(2)5-17-11(15-6-16-17)4-9(18)10-3-8(13)12(14)19-10/h3,6-7,9,18H,4-5H2,1-2H3. The molecule has 0 spiro atoms. The molecule has 0 fully saturated rings. The lowest BCUT2D eigenvalue weighted by Gasteiger charge is -2.11. The van der Waals surface area contributed by atoms with Gasteiger partial charge in [0.2, 0.25) is 0 Å². The van der Waals surface area contributed by atoms with E-state index in [0.717, 1.165) is 25.5 Å². The molecular formula is C12H15Br2N3OS. The number of aliphatic hydroxyl groups excluding tert-OH is 1. The van der Waals surface area contributed by atoms with E-state index in [1.165, 1.54) is 11.3 Å². The summed E-state index contributed by atoms with van der Waals surface area (Å²) in [5, 5.41) is 14.5. The van der Waals surface area contributed by atoms with Crippen LogP contribution >= 0.6 is 43.2 Å². The zero-order chi connectivity index (χ0) is 14.0. The SMILES string of the molecule is CC(C)Cn1ncnc1CC(O)c1cc(Br)c(Br)s1. The van der Waals surface area contributed by atoms with Crippen molar-refractivity contribution in [1.82, 2.24) is 14.8 Å². The van der Waals surface area contributed by atoms with Gasteiger partial charge in [-0.3, -0.25) is 0 Å². The lowest BCUT2D eigenvalue weighted by atomic mass is 10.2. The highest BCUT2D eigenvalue weighted by molar-refractivity contribution is 9.13. The number of aromatic nitrogens is 3. The second-order valence-corrected chi connectivity index (χ2v) is 8.00. The molecule has 2 aromatic heterocycles. The molecule has 4 nitrogen and oxygen atoms in total. The zero-order valence-corrected chi connectivity index (χ0v) is 14.7. The van der Waals surface area contributed by atoms with Gasteiger partial charge in [-0.05, 0) is 43.8 Å². The molecule has 0 radical (unpaired) electrons. The fraction of sp³-hybridized carbons (Fsp3) is 0.500. The van der Waals surface area contributed by atoms with Crippen molar-refractivity contribution < 1.29 is 5.11 Å². The second kappa shape index (κ2) is 6.47. The van der Waals surface area contributed by atoms with Crippen LogP contribution in [0, 0.1) is 5.92 Å². The van der Waals surface area contributed by atoms with E-state index in [-0.39, 0.29) is 0 Å². The Hall–Kier alpha value is -0.240. The van der Waals surface area contributed by atoms with Crippen molar-refractivity contribution >= 4 is 43.2 Å². The summed E-state index contributed by atoms with van der Waals surface area (Å²) in [5.41, 5.74) is 0. The summed E-state index contributed by atoms with van der Waals surface area (Å²) in [6, 6.07) is 1.93. The van der Waals surface area contributed by atoms with Crippen LogP contribution in [0.4, 0.5) is 0 Å². The molecular weight excluding hydrogens is 394 g/mol. The van der Waals surface area contributed by atoms with Crippen LogP contribution in [-0.4, -0.2) is 19.9 Å². The first-order chi connectivity index (χ1) is 8.97. The summed E-state index contributed by atoms with van der Waals surface area (Å²) in [5.74, 6) is 1.32. The first-order valence-corrected chi connectivity index (χ1v) is 8.37. The Balaban J connectivity index is 2.10. The van der Waals surface area contributed by atoms with Gasteiger partial charge in [-0.2, -0.15) is 5.10 Å². The molecule has 0 saturated carbocycles. The van der Waals surface area contributed by atoms with Crippen LogP contribution < -0.4 is 0 Å². The predicted molar refractivity (Wildman–Crippen MR) is 83.2 cm³/mol. The summed E-state index contributed by atoms with van der Waals surface area (Å²) >= 11 is 8.39. The molecule has 0 saturated heterocycles. The maximum Gasteiger partial charge on any atom is 0.138 e. The number of rotatable bonds is 5. The van der Waals surface area contributed by atoms with Gasteiger partial charge in [-0.1, -0.05) is 13.8 Å². The van der Waals surface area contributed by atoms with E-state index in [2.05, 4.69) is 55.8 Å². The molecule has 19 heavy (non-hydrogen) atoms. The third kappa shape index (κ3) is 3.87. The monoisotopic (exact) mass is 407 g/mol. The Kier molecular flexibility index (Phi) is 5.16. The fourth-order valence-corrected chi connectivity index (χ4v) is 3.82. The molecule has 1 N–H and O–H groups in total. The Bertz CT molecular complexity index is 533. The van der Waals surface area contributed by atoms with E-state index in [9.17, 15) is 5.11 Å². The highest BCUT2D eigenvalue weighted by Gasteiger charge is 2.17. The van der Waals surface area contributed by atoms with Gasteiger partial charge in [0.1, 0.15) is 12.2 Å². The summed E-state index contributed by atoms with van der Waals surface area (Å²) in [6.45, 7) is 5.09. The molecule has 0 bridgehead atoms. The number of aliphatic hydroxyl groups is 1. The van der Waals surface area contributed by atoms with Crippen molar-refractivity contribution in [1.29, 1.82) is 0 Å². The molecule has 0 aromatic carbocycles. The van der Waals surface area contributed by atoms with Crippen LogP contribution in [0.2, 0.25) is 0 Å². The summed E-state index contributed by atoms with van der Waals surface area (Å²) in [6.07, 6.45) is 1.47. The van der Waals surface area contributed by atoms with Crippen molar-refractivity contribution in [3.8, 4) is 0 Å². The van der Waals surface area contributed by atoms with Crippen molar-refractivity contribution in [2.24, 2.45) is 5.92 Å². The van der Waals surface area contributed by atoms with E-state index >= 15 is 0 Å². The van der Waals surface area contributed by atoms with Gasteiger partial charge in [0.25, 0.3) is 0 Å². The molecule has 1 unspecified atom stereocenters. The molecule has 2 heterocycles. The number of hydrogen-bond acceptors (Lipinski definition) is 4. The van der Waals surface area contributed by atoms with Crippen LogP contribution in [0.15, 0.2) is 20.7 Å². The first kappa shape index (κ1) is 15.2. The largest absolute Gasteiger partial charge is 0.387 e. The minimum atomic E-state index is -0.553. The van der Waals surface area contributed by atoms with E-state index in [0.29, 0.717) is 12.3 Å². The summed E-state index contributed by atoms with van der Waals surface area (Å²) in [7, 11) is 0. The maximum absolute atomic E-state index is 10.3. The third-order valence-corrected chi connectivity index (χ3v) is 5.96. The summed E-state index contributed by atoms with van der Waals surface area (Å²) in [4.78, 5) is 5.15. The smallest absolute Gasteiger partial charge is 0.138 e. The van der Waals surface area contributed by atoms with E-state index in [1.54, 1.807) is 6.33 Å². The minimum absolute atomic E-state index is 0.478. The topological polar surface area (TPSA) is 50.9 Å². The highest BCUT2D eigenvalue weighted by Crippen LogP contribution is 2.36. The molecule has 2 aromatic rings. The second-order valence-electron chi connectivity index (χ2n) is 4.74. The molecule has 104 valence electrons. The molecule has 0 aliphatic heterocycles. The molecule has 1 atom stereocenters. The lowest BCUT2D eigenvalue weighted by Crippen LogP contribution is -2.13. The summed E-state index contributed by atoms with van der Waals surface area (Å²) < 4.78 is 3.83. The van der Waals surface area contributed by atoms with Crippen molar-refractivity contribution in [2.45, 2.75) is 32.9 Å². The quantitative estimate of drug-likeness (QED) is 0.818. The van der Waals surface area contributed by atoms with Crippen LogP contribution in [0.3, 0.4) is 0 Å². The van der Waals surface area contributed by atoms with Gasteiger partial charge in [0.15, 0.2) is 0 Å².